The van der Waals surface area contributed by atoms with Gasteiger partial charge in [0.1, 0.15) is 5.01 Å². The summed E-state index contributed by atoms with van der Waals surface area (Å²) in [6.07, 6.45) is 5.56. The molecule has 4 heteroatoms. The Morgan fingerprint density at radius 1 is 1.56 bits per heavy atom. The van der Waals surface area contributed by atoms with Crippen molar-refractivity contribution < 1.29 is 0 Å². The monoisotopic (exact) mass is 237 g/mol. The van der Waals surface area contributed by atoms with Gasteiger partial charge in [-0.2, -0.15) is 5.26 Å². The van der Waals surface area contributed by atoms with E-state index < -0.39 is 0 Å². The van der Waals surface area contributed by atoms with Crippen LogP contribution in [-0.2, 0) is 5.54 Å². The molecule has 3 nitrogen and oxygen atoms in total. The lowest BCUT2D eigenvalue weighted by molar-refractivity contribution is 0.349. The van der Waals surface area contributed by atoms with E-state index in [1.165, 1.54) is 0 Å². The zero-order valence-corrected chi connectivity index (χ0v) is 10.8. The Balaban J connectivity index is 2.40. The summed E-state index contributed by atoms with van der Waals surface area (Å²) in [5.74, 6) is 0. The van der Waals surface area contributed by atoms with Gasteiger partial charge in [-0.15, -0.1) is 11.3 Å². The van der Waals surface area contributed by atoms with E-state index in [1.807, 2.05) is 11.6 Å². The highest BCUT2D eigenvalue weighted by molar-refractivity contribution is 7.09. The van der Waals surface area contributed by atoms with Crippen molar-refractivity contribution in [1.82, 2.24) is 10.3 Å². The maximum atomic E-state index is 8.44. The van der Waals surface area contributed by atoms with Gasteiger partial charge in [0.2, 0.25) is 0 Å². The number of rotatable bonds is 7. The molecule has 0 radical (unpaired) electrons. The first-order valence-electron chi connectivity index (χ1n) is 5.75. The summed E-state index contributed by atoms with van der Waals surface area (Å²) in [7, 11) is 0. The first kappa shape index (κ1) is 13.1. The molecule has 0 aromatic carbocycles. The van der Waals surface area contributed by atoms with Gasteiger partial charge >= 0.3 is 0 Å². The predicted octanol–water partition coefficient (Wildman–Crippen LogP) is 3.05. The summed E-state index contributed by atoms with van der Waals surface area (Å²) < 4.78 is 0. The van der Waals surface area contributed by atoms with Gasteiger partial charge in [-0.3, -0.25) is 0 Å². The van der Waals surface area contributed by atoms with Gasteiger partial charge in [-0.05, 0) is 32.7 Å². The first-order chi connectivity index (χ1) is 7.73. The second-order valence-corrected chi connectivity index (χ2v) is 4.96. The molecule has 0 unspecified atom stereocenters. The minimum absolute atomic E-state index is 0.0131. The topological polar surface area (TPSA) is 48.7 Å². The molecule has 0 saturated carbocycles. The molecule has 1 atom stereocenters. The van der Waals surface area contributed by atoms with Gasteiger partial charge in [0.05, 0.1) is 11.6 Å². The summed E-state index contributed by atoms with van der Waals surface area (Å²) in [4.78, 5) is 4.38. The van der Waals surface area contributed by atoms with Crippen LogP contribution in [0.1, 0.15) is 44.5 Å². The van der Waals surface area contributed by atoms with Crippen molar-refractivity contribution in [3.05, 3.63) is 16.6 Å². The molecule has 0 aliphatic heterocycles. The average molecular weight is 237 g/mol. The third kappa shape index (κ3) is 3.58. The predicted molar refractivity (Wildman–Crippen MR) is 67.2 cm³/mol. The first-order valence-corrected chi connectivity index (χ1v) is 6.63. The van der Waals surface area contributed by atoms with Crippen molar-refractivity contribution in [2.75, 3.05) is 6.54 Å². The number of hydrogen-bond acceptors (Lipinski definition) is 4. The number of nitriles is 1. The van der Waals surface area contributed by atoms with Crippen LogP contribution in [0.3, 0.4) is 0 Å². The molecule has 0 fully saturated rings. The summed E-state index contributed by atoms with van der Waals surface area (Å²) in [6, 6.07) is 2.17. The Hall–Kier alpha value is -0.920. The summed E-state index contributed by atoms with van der Waals surface area (Å²) >= 11 is 1.70. The average Bonchev–Trinajstić information content (AvgIpc) is 2.82. The minimum atomic E-state index is -0.0131. The molecule has 0 aliphatic rings. The molecule has 0 spiro atoms. The lowest BCUT2D eigenvalue weighted by Crippen LogP contribution is -2.39. The van der Waals surface area contributed by atoms with Gasteiger partial charge in [0.15, 0.2) is 0 Å². The summed E-state index contributed by atoms with van der Waals surface area (Å²) in [5.41, 5.74) is -0.0131. The Kier molecular flexibility index (Phi) is 5.44. The highest BCUT2D eigenvalue weighted by atomic mass is 32.1. The summed E-state index contributed by atoms with van der Waals surface area (Å²) in [5, 5.41) is 15.2. The van der Waals surface area contributed by atoms with Crippen LogP contribution in [0.4, 0.5) is 0 Å². The van der Waals surface area contributed by atoms with Crippen LogP contribution >= 0.6 is 11.3 Å². The molecule has 1 rings (SSSR count). The molecule has 1 aromatic heterocycles. The molecule has 16 heavy (non-hydrogen) atoms. The van der Waals surface area contributed by atoms with Gasteiger partial charge < -0.3 is 5.32 Å². The minimum Gasteiger partial charge on any atom is -0.306 e. The maximum absolute atomic E-state index is 8.44. The molecule has 1 aromatic rings. The second-order valence-electron chi connectivity index (χ2n) is 4.06. The Morgan fingerprint density at radius 2 is 2.38 bits per heavy atom. The number of nitrogens with one attached hydrogen (secondary N) is 1. The second kappa shape index (κ2) is 6.62. The van der Waals surface area contributed by atoms with Crippen LogP contribution in [-0.4, -0.2) is 11.5 Å². The van der Waals surface area contributed by atoms with Crippen molar-refractivity contribution in [2.45, 2.75) is 45.1 Å². The fourth-order valence-electron chi connectivity index (χ4n) is 1.54. The van der Waals surface area contributed by atoms with Gasteiger partial charge in [0.25, 0.3) is 0 Å². The zero-order chi connectivity index (χ0) is 11.9. The third-order valence-corrected chi connectivity index (χ3v) is 3.88. The standard InChI is InChI=1S/C12H19N3S/c1-3-12(2,11-14-9-10-16-11)15-8-6-4-5-7-13/h9-10,15H,3-6,8H2,1-2H3/t12-/m0/s1. The molecular formula is C12H19N3S. The number of nitrogens with zero attached hydrogens (tertiary/aromatic N) is 2. The van der Waals surface area contributed by atoms with E-state index in [2.05, 4.69) is 30.2 Å². The lowest BCUT2D eigenvalue weighted by Gasteiger charge is -2.27. The van der Waals surface area contributed by atoms with E-state index in [9.17, 15) is 0 Å². The van der Waals surface area contributed by atoms with Crippen LogP contribution in [0, 0.1) is 11.3 Å². The quantitative estimate of drug-likeness (QED) is 0.741. The summed E-state index contributed by atoms with van der Waals surface area (Å²) in [6.45, 7) is 5.31. The molecule has 88 valence electrons. The van der Waals surface area contributed by atoms with Gasteiger partial charge in [-0.25, -0.2) is 4.98 Å². The Morgan fingerprint density at radius 3 is 2.94 bits per heavy atom. The van der Waals surface area contributed by atoms with Crippen molar-refractivity contribution in [1.29, 1.82) is 5.26 Å². The van der Waals surface area contributed by atoms with Crippen LogP contribution in [0.25, 0.3) is 0 Å². The van der Waals surface area contributed by atoms with Crippen LogP contribution in [0.2, 0.25) is 0 Å². The van der Waals surface area contributed by atoms with E-state index in [0.29, 0.717) is 6.42 Å². The normalized spacial score (nSPS) is 14.3. The Labute approximate surface area is 102 Å². The van der Waals surface area contributed by atoms with Crippen molar-refractivity contribution in [2.24, 2.45) is 0 Å². The van der Waals surface area contributed by atoms with E-state index in [0.717, 1.165) is 30.8 Å². The molecule has 0 bridgehead atoms. The van der Waals surface area contributed by atoms with E-state index in [-0.39, 0.29) is 5.54 Å². The number of aromatic nitrogens is 1. The van der Waals surface area contributed by atoms with E-state index in [4.69, 9.17) is 5.26 Å². The largest absolute Gasteiger partial charge is 0.306 e. The molecule has 1 heterocycles. The van der Waals surface area contributed by atoms with Crippen molar-refractivity contribution in [3.8, 4) is 6.07 Å². The van der Waals surface area contributed by atoms with Crippen LogP contribution < -0.4 is 5.32 Å². The lowest BCUT2D eigenvalue weighted by atomic mass is 9.99. The number of thiazole rings is 1. The third-order valence-electron chi connectivity index (χ3n) is 2.84. The maximum Gasteiger partial charge on any atom is 0.112 e. The molecular weight excluding hydrogens is 218 g/mol. The van der Waals surface area contributed by atoms with E-state index in [1.54, 1.807) is 11.3 Å². The smallest absolute Gasteiger partial charge is 0.112 e. The molecule has 1 N–H and O–H groups in total. The fraction of sp³-hybridized carbons (Fsp3) is 0.667. The van der Waals surface area contributed by atoms with Crippen molar-refractivity contribution >= 4 is 11.3 Å². The fourth-order valence-corrected chi connectivity index (χ4v) is 2.39. The SMILES string of the molecule is CC[C@](C)(NCCCCC#N)c1nccs1. The van der Waals surface area contributed by atoms with Gasteiger partial charge in [0, 0.05) is 18.0 Å². The van der Waals surface area contributed by atoms with Gasteiger partial charge in [-0.1, -0.05) is 6.92 Å². The van der Waals surface area contributed by atoms with Crippen LogP contribution in [0.15, 0.2) is 11.6 Å². The Bertz CT molecular complexity index is 329. The number of unbranched alkanes of at least 4 members (excludes halogenated alkanes) is 2. The molecule has 0 aliphatic carbocycles. The van der Waals surface area contributed by atoms with Crippen LogP contribution in [0.5, 0.6) is 0 Å². The number of hydrogen-bond donors (Lipinski definition) is 1. The van der Waals surface area contributed by atoms with Crippen molar-refractivity contribution in [3.63, 3.8) is 0 Å². The highest BCUT2D eigenvalue weighted by Gasteiger charge is 2.25. The highest BCUT2D eigenvalue weighted by Crippen LogP contribution is 2.25. The molecule has 0 saturated heterocycles. The zero-order valence-electron chi connectivity index (χ0n) is 9.99. The molecule has 0 amide bonds. The van der Waals surface area contributed by atoms with E-state index >= 15 is 0 Å².